The molecule has 2 rings (SSSR count). The minimum atomic E-state index is 0.194. The van der Waals surface area contributed by atoms with Crippen molar-refractivity contribution in [1.82, 2.24) is 5.32 Å². The molecule has 0 aromatic heterocycles. The van der Waals surface area contributed by atoms with Crippen LogP contribution in [0.5, 0.6) is 0 Å². The number of halogens is 1. The Labute approximate surface area is 132 Å². The minimum Gasteiger partial charge on any atom is -0.394 e. The number of aliphatic hydroxyl groups excluding tert-OH is 1. The highest BCUT2D eigenvalue weighted by Crippen LogP contribution is 2.32. The van der Waals surface area contributed by atoms with Crippen LogP contribution in [0.15, 0.2) is 18.2 Å². The van der Waals surface area contributed by atoms with Gasteiger partial charge in [0.15, 0.2) is 0 Å². The van der Waals surface area contributed by atoms with Crippen LogP contribution in [0.25, 0.3) is 0 Å². The molecule has 0 spiro atoms. The first kappa shape index (κ1) is 16.6. The van der Waals surface area contributed by atoms with Crippen LogP contribution < -0.4 is 10.2 Å². The van der Waals surface area contributed by atoms with Crippen molar-refractivity contribution in [3.05, 3.63) is 28.8 Å². The van der Waals surface area contributed by atoms with E-state index in [1.54, 1.807) is 7.11 Å². The molecule has 0 amide bonds. The zero-order chi connectivity index (χ0) is 15.2. The molecule has 1 aliphatic rings. The fourth-order valence-electron chi connectivity index (χ4n) is 2.86. The number of nitrogens with one attached hydrogen (secondary N) is 1. The molecule has 1 aromatic carbocycles. The maximum absolute atomic E-state index is 9.56. The van der Waals surface area contributed by atoms with Crippen LogP contribution in [-0.4, -0.2) is 44.6 Å². The Morgan fingerprint density at radius 1 is 1.48 bits per heavy atom. The summed E-state index contributed by atoms with van der Waals surface area (Å²) in [4.78, 5) is 2.26. The third kappa shape index (κ3) is 4.10. The normalized spacial score (nSPS) is 22.0. The van der Waals surface area contributed by atoms with Gasteiger partial charge in [0.05, 0.1) is 19.3 Å². The second-order valence-corrected chi connectivity index (χ2v) is 6.06. The Bertz CT molecular complexity index is 456. The van der Waals surface area contributed by atoms with Crippen LogP contribution in [0, 0.1) is 5.92 Å². The van der Waals surface area contributed by atoms with Crippen LogP contribution in [-0.2, 0) is 11.3 Å². The summed E-state index contributed by atoms with van der Waals surface area (Å²) in [5.41, 5.74) is 2.19. The van der Waals surface area contributed by atoms with E-state index in [0.29, 0.717) is 12.5 Å². The molecular formula is C16H25ClN2O2. The highest BCUT2D eigenvalue weighted by Gasteiger charge is 2.30. The molecule has 0 saturated carbocycles. The molecule has 0 radical (unpaired) electrons. The predicted octanol–water partition coefficient (Wildman–Crippen LogP) is 2.28. The van der Waals surface area contributed by atoms with E-state index in [-0.39, 0.29) is 12.6 Å². The predicted molar refractivity (Wildman–Crippen MR) is 87.0 cm³/mol. The highest BCUT2D eigenvalue weighted by molar-refractivity contribution is 6.31. The molecular weight excluding hydrogens is 288 g/mol. The number of aliphatic hydroxyl groups is 1. The number of nitrogens with zero attached hydrogens (tertiary/aromatic N) is 1. The van der Waals surface area contributed by atoms with E-state index in [1.165, 1.54) is 0 Å². The van der Waals surface area contributed by atoms with Gasteiger partial charge in [-0.05, 0) is 30.0 Å². The molecule has 1 heterocycles. The van der Waals surface area contributed by atoms with Crippen molar-refractivity contribution in [3.63, 3.8) is 0 Å². The first-order chi connectivity index (χ1) is 10.2. The molecule has 21 heavy (non-hydrogen) atoms. The molecule has 118 valence electrons. The number of ether oxygens (including phenoxy) is 1. The van der Waals surface area contributed by atoms with Gasteiger partial charge in [-0.25, -0.2) is 0 Å². The molecule has 2 atom stereocenters. The van der Waals surface area contributed by atoms with Crippen molar-refractivity contribution >= 4 is 17.3 Å². The maximum atomic E-state index is 9.56. The zero-order valence-corrected chi connectivity index (χ0v) is 13.6. The standard InChI is InChI=1S/C16H25ClN2O2/c1-12-5-7-19(16(12)11-20)14-4-3-13(15(17)9-14)10-18-6-8-21-2/h3-4,9,12,16,18,20H,5-8,10-11H2,1-2H3. The van der Waals surface area contributed by atoms with Gasteiger partial charge in [0.1, 0.15) is 0 Å². The molecule has 0 bridgehead atoms. The number of rotatable bonds is 7. The molecule has 5 heteroatoms. The second-order valence-electron chi connectivity index (χ2n) is 5.65. The summed E-state index contributed by atoms with van der Waals surface area (Å²) in [6, 6.07) is 6.37. The lowest BCUT2D eigenvalue weighted by molar-refractivity contribution is 0.199. The number of methoxy groups -OCH3 is 1. The molecule has 2 N–H and O–H groups in total. The molecule has 2 unspecified atom stereocenters. The first-order valence-electron chi connectivity index (χ1n) is 7.53. The van der Waals surface area contributed by atoms with Crippen molar-refractivity contribution < 1.29 is 9.84 Å². The number of hydrogen-bond donors (Lipinski definition) is 2. The lowest BCUT2D eigenvalue weighted by Gasteiger charge is -2.27. The summed E-state index contributed by atoms with van der Waals surface area (Å²) in [6.45, 7) is 5.61. The summed E-state index contributed by atoms with van der Waals surface area (Å²) < 4.78 is 5.00. The van der Waals surface area contributed by atoms with Crippen LogP contribution in [0.3, 0.4) is 0 Å². The van der Waals surface area contributed by atoms with Crippen LogP contribution in [0.4, 0.5) is 5.69 Å². The van der Waals surface area contributed by atoms with E-state index in [1.807, 2.05) is 6.07 Å². The lowest BCUT2D eigenvalue weighted by atomic mass is 10.0. The minimum absolute atomic E-state index is 0.194. The fourth-order valence-corrected chi connectivity index (χ4v) is 3.10. The second kappa shape index (κ2) is 7.99. The van der Waals surface area contributed by atoms with Gasteiger partial charge in [-0.3, -0.25) is 0 Å². The summed E-state index contributed by atoms with van der Waals surface area (Å²) in [7, 11) is 1.69. The summed E-state index contributed by atoms with van der Waals surface area (Å²) in [6.07, 6.45) is 1.11. The van der Waals surface area contributed by atoms with Crippen LogP contribution >= 0.6 is 11.6 Å². The Balaban J connectivity index is 2.01. The van der Waals surface area contributed by atoms with Gasteiger partial charge in [0, 0.05) is 37.5 Å². The number of hydrogen-bond acceptors (Lipinski definition) is 4. The third-order valence-corrected chi connectivity index (χ3v) is 4.59. The van der Waals surface area contributed by atoms with Crippen molar-refractivity contribution in [2.75, 3.05) is 38.3 Å². The van der Waals surface area contributed by atoms with E-state index in [0.717, 1.165) is 42.3 Å². The van der Waals surface area contributed by atoms with Gasteiger partial charge in [0.2, 0.25) is 0 Å². The van der Waals surface area contributed by atoms with Crippen molar-refractivity contribution in [2.45, 2.75) is 25.9 Å². The van der Waals surface area contributed by atoms with Crippen molar-refractivity contribution in [2.24, 2.45) is 5.92 Å². The molecule has 1 saturated heterocycles. The Morgan fingerprint density at radius 2 is 2.29 bits per heavy atom. The summed E-state index contributed by atoms with van der Waals surface area (Å²) in [5, 5.41) is 13.6. The first-order valence-corrected chi connectivity index (χ1v) is 7.90. The number of anilines is 1. The average Bonchev–Trinajstić information content (AvgIpc) is 2.85. The van der Waals surface area contributed by atoms with Gasteiger partial charge < -0.3 is 20.1 Å². The largest absolute Gasteiger partial charge is 0.394 e. The number of benzene rings is 1. The van der Waals surface area contributed by atoms with Crippen molar-refractivity contribution in [1.29, 1.82) is 0 Å². The smallest absolute Gasteiger partial charge is 0.0637 e. The molecule has 4 nitrogen and oxygen atoms in total. The van der Waals surface area contributed by atoms with E-state index < -0.39 is 0 Å². The average molecular weight is 313 g/mol. The molecule has 1 aromatic rings. The molecule has 1 fully saturated rings. The van der Waals surface area contributed by atoms with Crippen LogP contribution in [0.2, 0.25) is 5.02 Å². The quantitative estimate of drug-likeness (QED) is 0.758. The summed E-state index contributed by atoms with van der Waals surface area (Å²) >= 11 is 6.39. The molecule has 0 aliphatic carbocycles. The van der Waals surface area contributed by atoms with Gasteiger partial charge >= 0.3 is 0 Å². The van der Waals surface area contributed by atoms with Crippen molar-refractivity contribution in [3.8, 4) is 0 Å². The van der Waals surface area contributed by atoms with Gasteiger partial charge in [-0.15, -0.1) is 0 Å². The van der Waals surface area contributed by atoms with E-state index >= 15 is 0 Å². The van der Waals surface area contributed by atoms with Crippen LogP contribution in [0.1, 0.15) is 18.9 Å². The van der Waals surface area contributed by atoms with E-state index in [9.17, 15) is 5.11 Å². The fraction of sp³-hybridized carbons (Fsp3) is 0.625. The highest BCUT2D eigenvalue weighted by atomic mass is 35.5. The van der Waals surface area contributed by atoms with Gasteiger partial charge in [-0.2, -0.15) is 0 Å². The maximum Gasteiger partial charge on any atom is 0.0637 e. The zero-order valence-electron chi connectivity index (χ0n) is 12.8. The summed E-state index contributed by atoms with van der Waals surface area (Å²) in [5.74, 6) is 0.518. The topological polar surface area (TPSA) is 44.7 Å². The Kier molecular flexibility index (Phi) is 6.30. The Hall–Kier alpha value is -0.810. The van der Waals surface area contributed by atoms with Gasteiger partial charge in [0.25, 0.3) is 0 Å². The lowest BCUT2D eigenvalue weighted by Crippen LogP contribution is -2.35. The third-order valence-electron chi connectivity index (χ3n) is 4.24. The SMILES string of the molecule is COCCNCc1ccc(N2CCC(C)C2CO)cc1Cl. The van der Waals surface area contributed by atoms with Gasteiger partial charge in [-0.1, -0.05) is 24.6 Å². The Morgan fingerprint density at radius 3 is 2.95 bits per heavy atom. The van der Waals surface area contributed by atoms with E-state index in [2.05, 4.69) is 29.3 Å². The molecule has 1 aliphatic heterocycles. The van der Waals surface area contributed by atoms with E-state index in [4.69, 9.17) is 16.3 Å². The monoisotopic (exact) mass is 312 g/mol.